The van der Waals surface area contributed by atoms with Crippen molar-refractivity contribution in [3.8, 4) is 0 Å². The van der Waals surface area contributed by atoms with Crippen LogP contribution < -0.4 is 0 Å². The molecule has 0 spiro atoms. The zero-order chi connectivity index (χ0) is 22.4. The van der Waals surface area contributed by atoms with Crippen molar-refractivity contribution in [2.45, 2.75) is 88.9 Å². The Balaban J connectivity index is 1.58. The van der Waals surface area contributed by atoms with Crippen molar-refractivity contribution in [1.82, 2.24) is 5.01 Å². The number of hydrogen-bond donors (Lipinski definition) is 0. The average Bonchev–Trinajstić information content (AvgIpc) is 3.31. The third kappa shape index (κ3) is 4.86. The van der Waals surface area contributed by atoms with Gasteiger partial charge in [0.05, 0.1) is 18.6 Å². The van der Waals surface area contributed by atoms with Crippen LogP contribution in [0.4, 0.5) is 0 Å². The van der Waals surface area contributed by atoms with Crippen LogP contribution in [0.5, 0.6) is 0 Å². The molecule has 0 radical (unpaired) electrons. The summed E-state index contributed by atoms with van der Waals surface area (Å²) in [5, 5.41) is 18.0. The van der Waals surface area contributed by atoms with Gasteiger partial charge in [0.2, 0.25) is 6.54 Å². The maximum Gasteiger partial charge on any atom is 0.214 e. The van der Waals surface area contributed by atoms with Crippen LogP contribution in [-0.4, -0.2) is 91.3 Å². The lowest BCUT2D eigenvalue weighted by Crippen LogP contribution is -2.58. The van der Waals surface area contributed by atoms with Gasteiger partial charge in [-0.2, -0.15) is 5.10 Å². The molecule has 0 saturated carbocycles. The topological polar surface area (TPSA) is 114 Å². The summed E-state index contributed by atoms with van der Waals surface area (Å²) in [6, 6.07) is 0.166. The van der Waals surface area contributed by atoms with Gasteiger partial charge in [-0.05, 0) is 40.5 Å². The minimum atomic E-state index is -0.864. The summed E-state index contributed by atoms with van der Waals surface area (Å²) in [5.41, 5.74) is 0. The second kappa shape index (κ2) is 8.53. The van der Waals surface area contributed by atoms with Gasteiger partial charge >= 0.3 is 0 Å². The molecule has 4 aliphatic heterocycles. The van der Waals surface area contributed by atoms with Crippen LogP contribution in [-0.2, 0) is 28.4 Å². The van der Waals surface area contributed by atoms with Crippen molar-refractivity contribution in [2.75, 3.05) is 26.8 Å². The zero-order valence-corrected chi connectivity index (χ0v) is 18.8. The van der Waals surface area contributed by atoms with Gasteiger partial charge in [0.1, 0.15) is 24.4 Å². The van der Waals surface area contributed by atoms with Crippen molar-refractivity contribution < 1.29 is 33.3 Å². The Hall–Kier alpha value is -1.37. The van der Waals surface area contributed by atoms with Crippen LogP contribution in [0.1, 0.15) is 40.5 Å². The van der Waals surface area contributed by atoms with E-state index in [-0.39, 0.29) is 17.5 Å². The van der Waals surface area contributed by atoms with Crippen LogP contribution in [0.15, 0.2) is 5.10 Å². The average molecular weight is 443 g/mol. The highest BCUT2D eigenvalue weighted by Crippen LogP contribution is 2.45. The number of hydrazone groups is 1. The molecule has 4 aliphatic rings. The lowest BCUT2D eigenvalue weighted by Gasteiger charge is -2.39. The van der Waals surface area contributed by atoms with Crippen LogP contribution >= 0.6 is 0 Å². The first-order chi connectivity index (χ1) is 14.6. The van der Waals surface area contributed by atoms with E-state index in [0.717, 1.165) is 19.4 Å². The van der Waals surface area contributed by atoms with Crippen molar-refractivity contribution >= 4 is 6.21 Å². The fourth-order valence-corrected chi connectivity index (χ4v) is 4.90. The fraction of sp³-hybridized carbons (Fsp3) is 0.950. The van der Waals surface area contributed by atoms with Crippen molar-refractivity contribution in [3.63, 3.8) is 0 Å². The molecule has 11 nitrogen and oxygen atoms in total. The molecule has 0 N–H and O–H groups in total. The number of nitrogens with zero attached hydrogens (tertiary/aromatic N) is 3. The van der Waals surface area contributed by atoms with E-state index < -0.39 is 48.2 Å². The molecule has 4 saturated heterocycles. The third-order valence-corrected chi connectivity index (χ3v) is 6.08. The summed E-state index contributed by atoms with van der Waals surface area (Å²) in [7, 11) is 1.66. The first kappa shape index (κ1) is 22.8. The van der Waals surface area contributed by atoms with Gasteiger partial charge in [-0.3, -0.25) is 15.1 Å². The van der Waals surface area contributed by atoms with Gasteiger partial charge in [0.15, 0.2) is 17.9 Å². The number of nitro groups is 1. The minimum Gasteiger partial charge on any atom is -0.382 e. The maximum absolute atomic E-state index is 11.5. The first-order valence-electron chi connectivity index (χ1n) is 10.9. The lowest BCUT2D eigenvalue weighted by molar-refractivity contribution is -0.488. The van der Waals surface area contributed by atoms with E-state index in [2.05, 4.69) is 5.10 Å². The molecule has 176 valence electrons. The number of ether oxygens (including phenoxy) is 6. The number of hydrogen-bond acceptors (Lipinski definition) is 10. The molecule has 7 atom stereocenters. The maximum atomic E-state index is 11.5. The zero-order valence-electron chi connectivity index (χ0n) is 18.8. The Labute approximate surface area is 182 Å². The van der Waals surface area contributed by atoms with Crippen molar-refractivity contribution in [1.29, 1.82) is 0 Å². The number of rotatable bonds is 7. The van der Waals surface area contributed by atoms with Crippen LogP contribution in [0.3, 0.4) is 0 Å². The Morgan fingerprint density at radius 2 is 1.84 bits per heavy atom. The second-order valence-electron chi connectivity index (χ2n) is 9.49. The van der Waals surface area contributed by atoms with Gasteiger partial charge in [-0.25, -0.2) is 0 Å². The molecular formula is C20H33N3O8. The quantitative estimate of drug-likeness (QED) is 0.327. The Morgan fingerprint density at radius 1 is 1.16 bits per heavy atom. The highest BCUT2D eigenvalue weighted by atomic mass is 16.9. The summed E-state index contributed by atoms with van der Waals surface area (Å²) in [6.45, 7) is 8.25. The fourth-order valence-electron chi connectivity index (χ4n) is 4.90. The Morgan fingerprint density at radius 3 is 2.55 bits per heavy atom. The Kier molecular flexibility index (Phi) is 6.27. The SMILES string of the molecule is COC[C@H]1CCCN1/N=C/[C@@H](C[N+](=O)[O-])[C@H]1O[C@H]2OC(C)(C)O[C@@H]2[C@H]2OC(C)(C)O[C@H]21. The Bertz CT molecular complexity index is 702. The molecule has 4 heterocycles. The van der Waals surface area contributed by atoms with Gasteiger partial charge < -0.3 is 28.4 Å². The summed E-state index contributed by atoms with van der Waals surface area (Å²) >= 11 is 0. The second-order valence-corrected chi connectivity index (χ2v) is 9.49. The van der Waals surface area contributed by atoms with E-state index in [1.807, 2.05) is 18.9 Å². The molecule has 0 aromatic rings. The highest BCUT2D eigenvalue weighted by Gasteiger charge is 2.62. The molecular weight excluding hydrogens is 410 g/mol. The van der Waals surface area contributed by atoms with E-state index >= 15 is 0 Å². The molecule has 0 aromatic heterocycles. The van der Waals surface area contributed by atoms with E-state index in [1.54, 1.807) is 27.2 Å². The first-order valence-corrected chi connectivity index (χ1v) is 10.9. The standard InChI is InChI=1S/C20H33N3O8/c1-19(2)28-15-14(27-18-17(16(15)29-19)30-20(3,4)31-18)12(10-23(24)25)9-21-22-8-6-7-13(22)11-26-5/h9,12-18H,6-8,10-11H2,1-5H3/b21-9+/t12-,13+,14+,15-,16-,17+,18-/m0/s1. The molecule has 0 unspecified atom stereocenters. The molecule has 4 fully saturated rings. The lowest BCUT2D eigenvalue weighted by atomic mass is 9.90. The molecule has 11 heteroatoms. The third-order valence-electron chi connectivity index (χ3n) is 6.08. The van der Waals surface area contributed by atoms with E-state index in [0.29, 0.717) is 6.61 Å². The van der Waals surface area contributed by atoms with Gasteiger partial charge in [-0.15, -0.1) is 0 Å². The van der Waals surface area contributed by atoms with E-state index in [1.165, 1.54) is 0 Å². The largest absolute Gasteiger partial charge is 0.382 e. The van der Waals surface area contributed by atoms with Gasteiger partial charge in [0, 0.05) is 24.8 Å². The van der Waals surface area contributed by atoms with E-state index in [9.17, 15) is 10.1 Å². The monoisotopic (exact) mass is 443 g/mol. The predicted molar refractivity (Wildman–Crippen MR) is 108 cm³/mol. The van der Waals surface area contributed by atoms with Gasteiger partial charge in [-0.1, -0.05) is 0 Å². The summed E-state index contributed by atoms with van der Waals surface area (Å²) in [5.74, 6) is -2.34. The number of fused-ring (bicyclic) bond motifs is 3. The predicted octanol–water partition coefficient (Wildman–Crippen LogP) is 1.37. The molecule has 31 heavy (non-hydrogen) atoms. The van der Waals surface area contributed by atoms with E-state index in [4.69, 9.17) is 28.4 Å². The highest BCUT2D eigenvalue weighted by molar-refractivity contribution is 5.61. The molecule has 0 amide bonds. The summed E-state index contributed by atoms with van der Waals surface area (Å²) < 4.78 is 35.7. The van der Waals surface area contributed by atoms with Crippen molar-refractivity contribution in [2.24, 2.45) is 11.0 Å². The smallest absolute Gasteiger partial charge is 0.214 e. The van der Waals surface area contributed by atoms with Crippen LogP contribution in [0.25, 0.3) is 0 Å². The van der Waals surface area contributed by atoms with Crippen LogP contribution in [0.2, 0.25) is 0 Å². The number of methoxy groups -OCH3 is 1. The molecule has 0 aliphatic carbocycles. The van der Waals surface area contributed by atoms with Crippen LogP contribution in [0, 0.1) is 16.0 Å². The molecule has 0 aromatic carbocycles. The minimum absolute atomic E-state index is 0.166. The molecule has 0 bridgehead atoms. The molecule has 4 rings (SSSR count). The van der Waals surface area contributed by atoms with Crippen molar-refractivity contribution in [3.05, 3.63) is 10.1 Å². The summed E-state index contributed by atoms with van der Waals surface area (Å²) in [6.07, 6.45) is 0.757. The normalized spacial score (nSPS) is 39.6. The summed E-state index contributed by atoms with van der Waals surface area (Å²) in [4.78, 5) is 11.1. The van der Waals surface area contributed by atoms with Gasteiger partial charge in [0.25, 0.3) is 0 Å².